The monoisotopic (exact) mass is 445 g/mol. The topological polar surface area (TPSA) is 60.9 Å². The van der Waals surface area contributed by atoms with Crippen molar-refractivity contribution in [3.63, 3.8) is 0 Å². The molecule has 31 heavy (non-hydrogen) atoms. The lowest BCUT2D eigenvalue weighted by Gasteiger charge is -2.33. The van der Waals surface area contributed by atoms with E-state index < -0.39 is 10.0 Å². The summed E-state index contributed by atoms with van der Waals surface area (Å²) in [5, 5.41) is 0. The van der Waals surface area contributed by atoms with Crippen molar-refractivity contribution in [3.8, 4) is 0 Å². The molecule has 6 nitrogen and oxygen atoms in total. The van der Waals surface area contributed by atoms with Gasteiger partial charge in [-0.25, -0.2) is 17.1 Å². The molecule has 0 bridgehead atoms. The molecule has 0 aliphatic carbocycles. The lowest BCUT2D eigenvalue weighted by Crippen LogP contribution is -2.42. The Morgan fingerprint density at radius 1 is 1.10 bits per heavy atom. The van der Waals surface area contributed by atoms with Crippen LogP contribution in [0.1, 0.15) is 24.0 Å². The largest absolute Gasteiger partial charge is 0.312 e. The van der Waals surface area contributed by atoms with E-state index in [0.29, 0.717) is 25.1 Å². The molecule has 4 rings (SSSR count). The molecule has 2 aliphatic heterocycles. The van der Waals surface area contributed by atoms with Crippen molar-refractivity contribution in [2.45, 2.75) is 30.7 Å². The predicted molar refractivity (Wildman–Crippen MR) is 118 cm³/mol. The smallest absolute Gasteiger partial charge is 0.242 e. The number of sulfonamides is 1. The molecule has 1 saturated heterocycles. The second-order valence-electron chi connectivity index (χ2n) is 8.46. The first-order valence-corrected chi connectivity index (χ1v) is 12.0. The molecule has 0 saturated carbocycles. The summed E-state index contributed by atoms with van der Waals surface area (Å²) in [5.74, 6) is -0.148. The molecule has 0 aromatic heterocycles. The Labute approximate surface area is 183 Å². The molecular weight excluding hydrogens is 417 g/mol. The predicted octanol–water partition coefficient (Wildman–Crippen LogP) is 2.88. The third-order valence-corrected chi connectivity index (χ3v) is 8.09. The van der Waals surface area contributed by atoms with Crippen molar-refractivity contribution in [2.75, 3.05) is 38.6 Å². The van der Waals surface area contributed by atoms with Crippen LogP contribution in [0.25, 0.3) is 0 Å². The fourth-order valence-electron chi connectivity index (χ4n) is 4.40. The van der Waals surface area contributed by atoms with Gasteiger partial charge in [0.05, 0.1) is 4.90 Å². The fourth-order valence-corrected chi connectivity index (χ4v) is 5.36. The highest BCUT2D eigenvalue weighted by Gasteiger charge is 2.33. The number of halogens is 1. The normalized spacial score (nSPS) is 17.9. The highest BCUT2D eigenvalue weighted by atomic mass is 32.2. The second kappa shape index (κ2) is 8.68. The average molecular weight is 446 g/mol. The Bertz CT molecular complexity index is 1080. The van der Waals surface area contributed by atoms with Gasteiger partial charge in [0.2, 0.25) is 15.9 Å². The molecule has 166 valence electrons. The molecule has 0 N–H and O–H groups in total. The zero-order valence-corrected chi connectivity index (χ0v) is 18.7. The number of anilines is 1. The van der Waals surface area contributed by atoms with E-state index in [-0.39, 0.29) is 22.5 Å². The highest BCUT2D eigenvalue weighted by molar-refractivity contribution is 7.89. The van der Waals surface area contributed by atoms with Crippen molar-refractivity contribution >= 4 is 21.6 Å². The fraction of sp³-hybridized carbons (Fsp3) is 0.435. The Morgan fingerprint density at radius 3 is 2.48 bits per heavy atom. The summed E-state index contributed by atoms with van der Waals surface area (Å²) in [6, 6.07) is 11.8. The van der Waals surface area contributed by atoms with Crippen LogP contribution in [-0.4, -0.2) is 57.3 Å². The minimum atomic E-state index is -3.49. The molecule has 2 aliphatic rings. The number of carbonyl (C=O) groups is 1. The molecule has 0 unspecified atom stereocenters. The van der Waals surface area contributed by atoms with E-state index in [1.54, 1.807) is 35.2 Å². The summed E-state index contributed by atoms with van der Waals surface area (Å²) in [5.41, 5.74) is 2.40. The number of hydrogen-bond acceptors (Lipinski definition) is 4. The van der Waals surface area contributed by atoms with E-state index in [9.17, 15) is 17.6 Å². The number of piperidine rings is 1. The van der Waals surface area contributed by atoms with Crippen LogP contribution in [0.2, 0.25) is 0 Å². The Balaban J connectivity index is 1.40. The second-order valence-corrected chi connectivity index (χ2v) is 10.6. The van der Waals surface area contributed by atoms with Gasteiger partial charge in [-0.2, -0.15) is 0 Å². The summed E-state index contributed by atoms with van der Waals surface area (Å²) < 4.78 is 39.9. The lowest BCUT2D eigenvalue weighted by molar-refractivity contribution is -0.123. The SMILES string of the molecule is CN(C)S(=O)(=O)c1ccc2c(c1)CCN2C(=O)C1CCN(Cc2ccccc2F)CC1. The number of carbonyl (C=O) groups excluding carboxylic acids is 1. The maximum Gasteiger partial charge on any atom is 0.242 e. The molecule has 0 atom stereocenters. The minimum absolute atomic E-state index is 0.0620. The number of rotatable bonds is 5. The lowest BCUT2D eigenvalue weighted by atomic mass is 9.95. The first-order valence-electron chi connectivity index (χ1n) is 10.6. The van der Waals surface area contributed by atoms with Crippen LogP contribution in [0.3, 0.4) is 0 Å². The van der Waals surface area contributed by atoms with E-state index >= 15 is 0 Å². The van der Waals surface area contributed by atoms with Gasteiger partial charge in [-0.1, -0.05) is 18.2 Å². The average Bonchev–Trinajstić information content (AvgIpc) is 3.18. The number of fused-ring (bicyclic) bond motifs is 1. The zero-order valence-electron chi connectivity index (χ0n) is 17.9. The van der Waals surface area contributed by atoms with Gasteiger partial charge in [0, 0.05) is 44.4 Å². The molecule has 8 heteroatoms. The summed E-state index contributed by atoms with van der Waals surface area (Å²) in [6.07, 6.45) is 2.14. The first-order chi connectivity index (χ1) is 14.8. The number of benzene rings is 2. The Kier molecular flexibility index (Phi) is 6.14. The number of likely N-dealkylation sites (tertiary alicyclic amines) is 1. The van der Waals surface area contributed by atoms with Crippen LogP contribution in [0.4, 0.5) is 10.1 Å². The number of nitrogens with zero attached hydrogens (tertiary/aromatic N) is 3. The van der Waals surface area contributed by atoms with E-state index in [4.69, 9.17) is 0 Å². The van der Waals surface area contributed by atoms with Gasteiger partial charge in [-0.3, -0.25) is 9.69 Å². The Morgan fingerprint density at radius 2 is 1.81 bits per heavy atom. The van der Waals surface area contributed by atoms with Gasteiger partial charge in [0.25, 0.3) is 0 Å². The quantitative estimate of drug-likeness (QED) is 0.710. The van der Waals surface area contributed by atoms with Crippen LogP contribution in [0.5, 0.6) is 0 Å². The third kappa shape index (κ3) is 4.37. The van der Waals surface area contributed by atoms with Gasteiger partial charge in [0.1, 0.15) is 5.82 Å². The maximum absolute atomic E-state index is 13.9. The van der Waals surface area contributed by atoms with E-state index in [1.807, 2.05) is 6.07 Å². The maximum atomic E-state index is 13.9. The van der Waals surface area contributed by atoms with E-state index in [0.717, 1.165) is 37.2 Å². The van der Waals surface area contributed by atoms with E-state index in [2.05, 4.69) is 4.90 Å². The Hall–Kier alpha value is -2.29. The van der Waals surface area contributed by atoms with Crippen molar-refractivity contribution in [1.29, 1.82) is 0 Å². The van der Waals surface area contributed by atoms with Crippen molar-refractivity contribution in [3.05, 3.63) is 59.4 Å². The summed E-state index contributed by atoms with van der Waals surface area (Å²) in [4.78, 5) is 17.4. The van der Waals surface area contributed by atoms with Gasteiger partial charge < -0.3 is 4.90 Å². The van der Waals surface area contributed by atoms with Crippen molar-refractivity contribution in [1.82, 2.24) is 9.21 Å². The third-order valence-electron chi connectivity index (χ3n) is 6.28. The van der Waals surface area contributed by atoms with Gasteiger partial charge in [-0.05, 0) is 62.2 Å². The molecule has 2 aromatic carbocycles. The van der Waals surface area contributed by atoms with Crippen molar-refractivity contribution in [2.24, 2.45) is 5.92 Å². The van der Waals surface area contributed by atoms with Crippen LogP contribution < -0.4 is 4.90 Å². The van der Waals surface area contributed by atoms with Crippen LogP contribution >= 0.6 is 0 Å². The molecule has 0 spiro atoms. The van der Waals surface area contributed by atoms with Gasteiger partial charge in [-0.15, -0.1) is 0 Å². The summed E-state index contributed by atoms with van der Waals surface area (Å²) in [7, 11) is -0.472. The van der Waals surface area contributed by atoms with Crippen LogP contribution in [-0.2, 0) is 27.8 Å². The molecule has 0 radical (unpaired) electrons. The summed E-state index contributed by atoms with van der Waals surface area (Å²) >= 11 is 0. The minimum Gasteiger partial charge on any atom is -0.312 e. The molecular formula is C23H28FN3O3S. The highest BCUT2D eigenvalue weighted by Crippen LogP contribution is 2.33. The van der Waals surface area contributed by atoms with Crippen molar-refractivity contribution < 1.29 is 17.6 Å². The molecule has 2 heterocycles. The van der Waals surface area contributed by atoms with Gasteiger partial charge in [0.15, 0.2) is 0 Å². The van der Waals surface area contributed by atoms with Crippen LogP contribution in [0.15, 0.2) is 47.4 Å². The molecule has 2 aromatic rings. The summed E-state index contributed by atoms with van der Waals surface area (Å²) in [6.45, 7) is 2.65. The number of amides is 1. The van der Waals surface area contributed by atoms with E-state index in [1.165, 1.54) is 24.5 Å². The molecule has 1 amide bonds. The standard InChI is InChI=1S/C23H28FN3O3S/c1-25(2)31(29,30)20-7-8-22-18(15-20)11-14-27(22)23(28)17-9-12-26(13-10-17)16-19-5-3-4-6-21(19)24/h3-8,15,17H,9-14,16H2,1-2H3. The number of hydrogen-bond donors (Lipinski definition) is 0. The van der Waals surface area contributed by atoms with Gasteiger partial charge >= 0.3 is 0 Å². The first kappa shape index (κ1) is 21.9. The molecule has 1 fully saturated rings. The zero-order chi connectivity index (χ0) is 22.2. The van der Waals surface area contributed by atoms with Crippen LogP contribution in [0, 0.1) is 11.7 Å².